The second-order valence-corrected chi connectivity index (χ2v) is 6.52. The van der Waals surface area contributed by atoms with Crippen LogP contribution >= 0.6 is 0 Å². The van der Waals surface area contributed by atoms with Gasteiger partial charge in [-0.25, -0.2) is 0 Å². The molecule has 3 aliphatic rings. The van der Waals surface area contributed by atoms with Gasteiger partial charge in [0.25, 0.3) is 5.91 Å². The van der Waals surface area contributed by atoms with Crippen LogP contribution < -0.4 is 10.1 Å². The third-order valence-electron chi connectivity index (χ3n) is 5.09. The van der Waals surface area contributed by atoms with Crippen LogP contribution in [0.3, 0.4) is 0 Å². The van der Waals surface area contributed by atoms with Crippen molar-refractivity contribution in [2.45, 2.75) is 18.9 Å². The van der Waals surface area contributed by atoms with Crippen LogP contribution in [0.15, 0.2) is 34.9 Å². The van der Waals surface area contributed by atoms with Crippen molar-refractivity contribution in [3.05, 3.63) is 36.0 Å². The molecule has 2 bridgehead atoms. The molecule has 1 N–H and O–H groups in total. The zero-order valence-corrected chi connectivity index (χ0v) is 13.7. The minimum Gasteiger partial charge on any atom is -0.497 e. The number of ether oxygens (including phenoxy) is 1. The third-order valence-corrected chi connectivity index (χ3v) is 5.09. The first-order chi connectivity index (χ1) is 11.7. The van der Waals surface area contributed by atoms with Gasteiger partial charge in [-0.2, -0.15) is 0 Å². The molecule has 0 radical (unpaired) electrons. The van der Waals surface area contributed by atoms with Gasteiger partial charge in [0.1, 0.15) is 5.75 Å². The van der Waals surface area contributed by atoms with Crippen LogP contribution in [0.1, 0.15) is 23.3 Å². The van der Waals surface area contributed by atoms with E-state index in [4.69, 9.17) is 9.26 Å². The van der Waals surface area contributed by atoms with Crippen molar-refractivity contribution in [3.63, 3.8) is 0 Å². The molecule has 1 amide bonds. The maximum Gasteiger partial charge on any atom is 0.273 e. The van der Waals surface area contributed by atoms with Crippen LogP contribution in [0.2, 0.25) is 0 Å². The van der Waals surface area contributed by atoms with Gasteiger partial charge < -0.3 is 19.5 Å². The molecular weight excluding hydrogens is 306 g/mol. The summed E-state index contributed by atoms with van der Waals surface area (Å²) < 4.78 is 10.5. The number of methoxy groups -OCH3 is 1. The molecule has 3 aliphatic heterocycles. The van der Waals surface area contributed by atoms with E-state index in [1.54, 1.807) is 13.2 Å². The van der Waals surface area contributed by atoms with Crippen molar-refractivity contribution in [2.75, 3.05) is 26.7 Å². The second-order valence-electron chi connectivity index (χ2n) is 6.52. The number of fused-ring (bicyclic) bond motifs is 3. The SMILES string of the molecule is COc1ccc(-c2cc(C(=O)NC3CN4CCC3CC4)no2)cc1. The summed E-state index contributed by atoms with van der Waals surface area (Å²) in [5, 5.41) is 7.06. The zero-order valence-electron chi connectivity index (χ0n) is 13.7. The van der Waals surface area contributed by atoms with Crippen LogP contribution in [0, 0.1) is 5.92 Å². The third kappa shape index (κ3) is 2.89. The average Bonchev–Trinajstić information content (AvgIpc) is 3.13. The predicted molar refractivity (Wildman–Crippen MR) is 88.9 cm³/mol. The number of aromatic nitrogens is 1. The number of nitrogens with zero attached hydrogens (tertiary/aromatic N) is 2. The van der Waals surface area contributed by atoms with Gasteiger partial charge in [0.15, 0.2) is 11.5 Å². The van der Waals surface area contributed by atoms with Gasteiger partial charge in [-0.3, -0.25) is 4.79 Å². The Balaban J connectivity index is 1.44. The molecule has 3 saturated heterocycles. The average molecular weight is 327 g/mol. The number of hydrogen-bond acceptors (Lipinski definition) is 5. The summed E-state index contributed by atoms with van der Waals surface area (Å²) in [6.45, 7) is 3.25. The fourth-order valence-electron chi connectivity index (χ4n) is 3.64. The van der Waals surface area contributed by atoms with Crippen LogP contribution in [-0.2, 0) is 0 Å². The van der Waals surface area contributed by atoms with Crippen molar-refractivity contribution in [1.82, 2.24) is 15.4 Å². The number of hydrogen-bond donors (Lipinski definition) is 1. The smallest absolute Gasteiger partial charge is 0.273 e. The van der Waals surface area contributed by atoms with Gasteiger partial charge in [0, 0.05) is 24.2 Å². The van der Waals surface area contributed by atoms with E-state index >= 15 is 0 Å². The van der Waals surface area contributed by atoms with E-state index in [9.17, 15) is 4.79 Å². The summed E-state index contributed by atoms with van der Waals surface area (Å²) in [5.41, 5.74) is 1.20. The Hall–Kier alpha value is -2.34. The van der Waals surface area contributed by atoms with E-state index in [2.05, 4.69) is 15.4 Å². The van der Waals surface area contributed by atoms with E-state index in [0.717, 1.165) is 30.9 Å². The van der Waals surface area contributed by atoms with Crippen LogP contribution in [0.4, 0.5) is 0 Å². The van der Waals surface area contributed by atoms with Gasteiger partial charge >= 0.3 is 0 Å². The minimum atomic E-state index is -0.155. The quantitative estimate of drug-likeness (QED) is 0.932. The van der Waals surface area contributed by atoms with E-state index in [-0.39, 0.29) is 11.9 Å². The number of carbonyl (C=O) groups excluding carboxylic acids is 1. The van der Waals surface area contributed by atoms with E-state index in [1.165, 1.54) is 12.8 Å². The number of rotatable bonds is 4. The van der Waals surface area contributed by atoms with Gasteiger partial charge in [0.05, 0.1) is 7.11 Å². The van der Waals surface area contributed by atoms with Crippen molar-refractivity contribution >= 4 is 5.91 Å². The first-order valence-electron chi connectivity index (χ1n) is 8.37. The number of amides is 1. The topological polar surface area (TPSA) is 67.6 Å². The molecule has 0 saturated carbocycles. The summed E-state index contributed by atoms with van der Waals surface area (Å²) in [4.78, 5) is 14.9. The van der Waals surface area contributed by atoms with Crippen molar-refractivity contribution in [2.24, 2.45) is 5.92 Å². The summed E-state index contributed by atoms with van der Waals surface area (Å²) in [6.07, 6.45) is 2.34. The Morgan fingerprint density at radius 3 is 2.67 bits per heavy atom. The fraction of sp³-hybridized carbons (Fsp3) is 0.444. The van der Waals surface area contributed by atoms with Crippen molar-refractivity contribution < 1.29 is 14.1 Å². The Kier molecular flexibility index (Phi) is 3.98. The molecule has 2 aromatic rings. The molecule has 4 heterocycles. The molecule has 126 valence electrons. The lowest BCUT2D eigenvalue weighted by Crippen LogP contribution is -2.57. The first-order valence-corrected chi connectivity index (χ1v) is 8.37. The van der Waals surface area contributed by atoms with Gasteiger partial charge in [-0.05, 0) is 56.1 Å². The fourth-order valence-corrected chi connectivity index (χ4v) is 3.64. The van der Waals surface area contributed by atoms with Gasteiger partial charge in [-0.1, -0.05) is 5.16 Å². The van der Waals surface area contributed by atoms with Gasteiger partial charge in [-0.15, -0.1) is 0 Å². The molecule has 3 fully saturated rings. The molecular formula is C18H21N3O3. The molecule has 1 aromatic carbocycles. The van der Waals surface area contributed by atoms with Crippen LogP contribution in [-0.4, -0.2) is 48.7 Å². The Morgan fingerprint density at radius 2 is 2.04 bits per heavy atom. The molecule has 0 spiro atoms. The highest BCUT2D eigenvalue weighted by Gasteiger charge is 2.35. The number of carbonyl (C=O) groups is 1. The second kappa shape index (κ2) is 6.28. The standard InChI is InChI=1S/C18H21N3O3/c1-23-14-4-2-13(3-5-14)17-10-15(20-24-17)18(22)19-16-11-21-8-6-12(16)7-9-21/h2-5,10,12,16H,6-9,11H2,1H3,(H,19,22). The lowest BCUT2D eigenvalue weighted by atomic mass is 9.84. The lowest BCUT2D eigenvalue weighted by molar-refractivity contribution is 0.0616. The molecule has 5 rings (SSSR count). The molecule has 1 unspecified atom stereocenters. The summed E-state index contributed by atoms with van der Waals surface area (Å²) in [5.74, 6) is 1.79. The Labute approximate surface area is 140 Å². The summed E-state index contributed by atoms with van der Waals surface area (Å²) in [7, 11) is 1.63. The highest BCUT2D eigenvalue weighted by molar-refractivity contribution is 5.93. The number of nitrogens with one attached hydrogen (secondary N) is 1. The molecule has 1 atom stereocenters. The maximum atomic E-state index is 12.5. The number of piperidine rings is 3. The maximum absolute atomic E-state index is 12.5. The summed E-state index contributed by atoms with van der Waals surface area (Å²) in [6, 6.07) is 9.39. The van der Waals surface area contributed by atoms with Crippen molar-refractivity contribution in [3.8, 4) is 17.1 Å². The molecule has 24 heavy (non-hydrogen) atoms. The van der Waals surface area contributed by atoms with E-state index in [1.807, 2.05) is 24.3 Å². The Bertz CT molecular complexity index is 717. The largest absolute Gasteiger partial charge is 0.497 e. The lowest BCUT2D eigenvalue weighted by Gasteiger charge is -2.44. The molecule has 6 heteroatoms. The van der Waals surface area contributed by atoms with Crippen LogP contribution in [0.25, 0.3) is 11.3 Å². The zero-order chi connectivity index (χ0) is 16.5. The highest BCUT2D eigenvalue weighted by Crippen LogP contribution is 2.28. The van der Waals surface area contributed by atoms with E-state index in [0.29, 0.717) is 17.4 Å². The molecule has 0 aliphatic carbocycles. The predicted octanol–water partition coefficient (Wildman–Crippen LogP) is 2.17. The molecule has 1 aromatic heterocycles. The van der Waals surface area contributed by atoms with Crippen LogP contribution in [0.5, 0.6) is 5.75 Å². The number of benzene rings is 1. The Morgan fingerprint density at radius 1 is 1.29 bits per heavy atom. The minimum absolute atomic E-state index is 0.155. The van der Waals surface area contributed by atoms with Crippen molar-refractivity contribution in [1.29, 1.82) is 0 Å². The normalized spacial score (nSPS) is 25.5. The first kappa shape index (κ1) is 15.2. The summed E-state index contributed by atoms with van der Waals surface area (Å²) >= 11 is 0. The molecule has 6 nitrogen and oxygen atoms in total. The highest BCUT2D eigenvalue weighted by atomic mass is 16.5. The van der Waals surface area contributed by atoms with E-state index < -0.39 is 0 Å². The van der Waals surface area contributed by atoms with Gasteiger partial charge in [0.2, 0.25) is 0 Å². The monoisotopic (exact) mass is 327 g/mol.